The second kappa shape index (κ2) is 7.84. The first-order chi connectivity index (χ1) is 16.7. The Labute approximate surface area is 203 Å². The zero-order valence-electron chi connectivity index (χ0n) is 20.5. The summed E-state index contributed by atoms with van der Waals surface area (Å²) in [4.78, 5) is 9.52. The maximum atomic E-state index is 14.0. The third kappa shape index (κ3) is 3.69. The molecule has 178 valence electrons. The smallest absolute Gasteiger partial charge is 0.248 e. The van der Waals surface area contributed by atoms with Gasteiger partial charge in [0.05, 0.1) is 5.69 Å². The normalized spacial score (nSPS) is 17.9. The van der Waals surface area contributed by atoms with Crippen LogP contribution in [0.1, 0.15) is 67.3 Å². The summed E-state index contributed by atoms with van der Waals surface area (Å²) >= 11 is 0. The first kappa shape index (κ1) is 22.1. The van der Waals surface area contributed by atoms with Gasteiger partial charge in [-0.3, -0.25) is 4.98 Å². The number of pyridine rings is 2. The van der Waals surface area contributed by atoms with E-state index in [-0.39, 0.29) is 24.7 Å². The minimum absolute atomic E-state index is 0.0326. The van der Waals surface area contributed by atoms with Crippen molar-refractivity contribution < 1.29 is 13.2 Å². The molecule has 1 atom stereocenters. The Balaban J connectivity index is 1.60. The molecule has 1 fully saturated rings. The molecule has 3 heterocycles. The Morgan fingerprint density at radius 3 is 2.51 bits per heavy atom. The van der Waals surface area contributed by atoms with E-state index < -0.39 is 5.92 Å². The molecule has 3 aromatic heterocycles. The van der Waals surface area contributed by atoms with Crippen LogP contribution in [0.15, 0.2) is 53.1 Å². The van der Waals surface area contributed by atoms with Crippen LogP contribution < -0.4 is 0 Å². The van der Waals surface area contributed by atoms with Gasteiger partial charge in [0.1, 0.15) is 5.58 Å². The molecule has 1 aliphatic carbocycles. The van der Waals surface area contributed by atoms with Crippen LogP contribution in [0.2, 0.25) is 0 Å². The molecule has 6 rings (SSSR count). The number of benzene rings is 2. The van der Waals surface area contributed by atoms with Gasteiger partial charge in [0.15, 0.2) is 0 Å². The van der Waals surface area contributed by atoms with Crippen molar-refractivity contribution >= 4 is 32.8 Å². The molecule has 0 aliphatic heterocycles. The van der Waals surface area contributed by atoms with E-state index in [0.717, 1.165) is 60.8 Å². The first-order valence-electron chi connectivity index (χ1n) is 12.3. The molecule has 3 nitrogen and oxygen atoms in total. The lowest BCUT2D eigenvalue weighted by atomic mass is 9.89. The molecule has 0 bridgehead atoms. The molecular formula is C30H28F2N2O. The molecule has 2 aromatic carbocycles. The molecular weight excluding hydrogens is 442 g/mol. The summed E-state index contributed by atoms with van der Waals surface area (Å²) < 4.78 is 34.2. The van der Waals surface area contributed by atoms with Gasteiger partial charge in [-0.2, -0.15) is 0 Å². The summed E-state index contributed by atoms with van der Waals surface area (Å²) in [7, 11) is 0. The maximum absolute atomic E-state index is 14.0. The van der Waals surface area contributed by atoms with Crippen LogP contribution in [-0.4, -0.2) is 15.9 Å². The average Bonchev–Trinajstić information content (AvgIpc) is 3.36. The molecule has 0 radical (unpaired) electrons. The topological polar surface area (TPSA) is 38.9 Å². The molecule has 1 saturated carbocycles. The number of aryl methyl sites for hydroxylation is 2. The lowest BCUT2D eigenvalue weighted by Gasteiger charge is -2.17. The molecule has 0 N–H and O–H groups in total. The van der Waals surface area contributed by atoms with Crippen LogP contribution in [0.25, 0.3) is 44.1 Å². The first-order valence-corrected chi connectivity index (χ1v) is 12.3. The van der Waals surface area contributed by atoms with Gasteiger partial charge in [0, 0.05) is 46.5 Å². The van der Waals surface area contributed by atoms with Gasteiger partial charge in [-0.25, -0.2) is 13.8 Å². The summed E-state index contributed by atoms with van der Waals surface area (Å²) in [6.45, 7) is 8.32. The number of nitrogens with zero attached hydrogens (tertiary/aromatic N) is 2. The zero-order valence-corrected chi connectivity index (χ0v) is 20.5. The van der Waals surface area contributed by atoms with Crippen molar-refractivity contribution in [1.29, 1.82) is 0 Å². The summed E-state index contributed by atoms with van der Waals surface area (Å²) in [5.74, 6) is -2.42. The number of aromatic nitrogens is 2. The average molecular weight is 471 g/mol. The standard InChI is InChI=1S/C30H28F2N2O/c1-16(2)26-15-33-27(21-8-6-19(13-23(21)26)20-9-10-30(31,32)14-20)25-12-17(3)11-24-22-7-5-18(4)34-29(22)35-28(24)25/h5-8,11-13,15-16,20H,9-10,14H2,1-4H3. The molecule has 5 aromatic rings. The van der Waals surface area contributed by atoms with Crippen molar-refractivity contribution in [1.82, 2.24) is 9.97 Å². The predicted octanol–water partition coefficient (Wildman–Crippen LogP) is 8.84. The van der Waals surface area contributed by atoms with Crippen LogP contribution >= 0.6 is 0 Å². The van der Waals surface area contributed by atoms with Crippen molar-refractivity contribution in [2.75, 3.05) is 0 Å². The van der Waals surface area contributed by atoms with Crippen molar-refractivity contribution in [2.45, 2.75) is 64.7 Å². The zero-order chi connectivity index (χ0) is 24.5. The third-order valence-corrected chi connectivity index (χ3v) is 7.42. The van der Waals surface area contributed by atoms with Gasteiger partial charge < -0.3 is 4.42 Å². The second-order valence-electron chi connectivity index (χ2n) is 10.4. The molecule has 35 heavy (non-hydrogen) atoms. The largest absolute Gasteiger partial charge is 0.437 e. The minimum atomic E-state index is -2.56. The van der Waals surface area contributed by atoms with Crippen molar-refractivity contribution in [3.05, 3.63) is 71.0 Å². The molecule has 0 spiro atoms. The van der Waals surface area contributed by atoms with E-state index in [9.17, 15) is 8.78 Å². The van der Waals surface area contributed by atoms with Gasteiger partial charge >= 0.3 is 0 Å². The third-order valence-electron chi connectivity index (χ3n) is 7.42. The Hall–Kier alpha value is -3.34. The number of hydrogen-bond acceptors (Lipinski definition) is 3. The Bertz CT molecular complexity index is 1620. The molecule has 0 saturated heterocycles. The predicted molar refractivity (Wildman–Crippen MR) is 137 cm³/mol. The quantitative estimate of drug-likeness (QED) is 0.264. The van der Waals surface area contributed by atoms with E-state index in [1.807, 2.05) is 25.3 Å². The number of halogens is 2. The monoisotopic (exact) mass is 470 g/mol. The highest BCUT2D eigenvalue weighted by Gasteiger charge is 2.40. The fourth-order valence-corrected chi connectivity index (χ4v) is 5.62. The van der Waals surface area contributed by atoms with E-state index in [1.54, 1.807) is 0 Å². The lowest BCUT2D eigenvalue weighted by molar-refractivity contribution is 0.00777. The fraction of sp³-hybridized carbons (Fsp3) is 0.333. The molecule has 0 amide bonds. The maximum Gasteiger partial charge on any atom is 0.248 e. The van der Waals surface area contributed by atoms with Crippen LogP contribution in [0, 0.1) is 13.8 Å². The minimum Gasteiger partial charge on any atom is -0.437 e. The highest BCUT2D eigenvalue weighted by Crippen LogP contribution is 2.46. The fourth-order valence-electron chi connectivity index (χ4n) is 5.62. The Kier molecular flexibility index (Phi) is 4.96. The SMILES string of the molecule is Cc1cc(-c2ncc(C(C)C)c3cc(C4CCC(F)(F)C4)ccc23)c2oc3nc(C)ccc3c2c1. The van der Waals surface area contributed by atoms with Crippen molar-refractivity contribution in [3.8, 4) is 11.3 Å². The summed E-state index contributed by atoms with van der Waals surface area (Å²) in [5, 5.41) is 4.11. The summed E-state index contributed by atoms with van der Waals surface area (Å²) in [6.07, 6.45) is 2.36. The van der Waals surface area contributed by atoms with Crippen molar-refractivity contribution in [3.63, 3.8) is 0 Å². The highest BCUT2D eigenvalue weighted by molar-refractivity contribution is 6.11. The number of alkyl halides is 2. The molecule has 1 unspecified atom stereocenters. The van der Waals surface area contributed by atoms with E-state index in [0.29, 0.717) is 12.1 Å². The molecule has 5 heteroatoms. The lowest BCUT2D eigenvalue weighted by Crippen LogP contribution is -2.09. The second-order valence-corrected chi connectivity index (χ2v) is 10.4. The van der Waals surface area contributed by atoms with Gasteiger partial charge in [0.25, 0.3) is 0 Å². The van der Waals surface area contributed by atoms with Crippen LogP contribution in [0.3, 0.4) is 0 Å². The Morgan fingerprint density at radius 2 is 1.77 bits per heavy atom. The van der Waals surface area contributed by atoms with Gasteiger partial charge in [-0.05, 0) is 78.4 Å². The van der Waals surface area contributed by atoms with Gasteiger partial charge in [0.2, 0.25) is 11.6 Å². The van der Waals surface area contributed by atoms with Crippen molar-refractivity contribution in [2.24, 2.45) is 0 Å². The Morgan fingerprint density at radius 1 is 0.971 bits per heavy atom. The van der Waals surface area contributed by atoms with E-state index in [1.165, 1.54) is 0 Å². The number of furan rings is 1. The van der Waals surface area contributed by atoms with Crippen LogP contribution in [0.5, 0.6) is 0 Å². The van der Waals surface area contributed by atoms with Gasteiger partial charge in [-0.1, -0.05) is 32.0 Å². The molecule has 1 aliphatic rings. The van der Waals surface area contributed by atoms with Gasteiger partial charge in [-0.15, -0.1) is 0 Å². The van der Waals surface area contributed by atoms with E-state index in [2.05, 4.69) is 56.1 Å². The number of fused-ring (bicyclic) bond motifs is 4. The van der Waals surface area contributed by atoms with E-state index in [4.69, 9.17) is 9.40 Å². The number of rotatable bonds is 3. The van der Waals surface area contributed by atoms with Crippen LogP contribution in [-0.2, 0) is 0 Å². The van der Waals surface area contributed by atoms with E-state index >= 15 is 0 Å². The number of hydrogen-bond donors (Lipinski definition) is 0. The van der Waals surface area contributed by atoms with Crippen LogP contribution in [0.4, 0.5) is 8.78 Å². The summed E-state index contributed by atoms with van der Waals surface area (Å²) in [6, 6.07) is 14.5. The highest BCUT2D eigenvalue weighted by atomic mass is 19.3. The summed E-state index contributed by atoms with van der Waals surface area (Å²) in [5.41, 5.74) is 7.31.